The molecule has 2 fully saturated rings. The highest BCUT2D eigenvalue weighted by atomic mass is 19.3. The zero-order valence-electron chi connectivity index (χ0n) is 18.4. The molecule has 0 saturated carbocycles. The number of morpholine rings is 1. The van der Waals surface area contributed by atoms with Gasteiger partial charge < -0.3 is 19.1 Å². The van der Waals surface area contributed by atoms with E-state index in [1.807, 2.05) is 4.90 Å². The van der Waals surface area contributed by atoms with Crippen molar-refractivity contribution in [2.24, 2.45) is 5.92 Å². The number of alkyl halides is 2. The van der Waals surface area contributed by atoms with Crippen LogP contribution in [0.15, 0.2) is 24.3 Å². The van der Waals surface area contributed by atoms with Crippen molar-refractivity contribution in [2.45, 2.75) is 45.5 Å². The van der Waals surface area contributed by atoms with Crippen LogP contribution in [0.2, 0.25) is 0 Å². The quantitative estimate of drug-likeness (QED) is 0.609. The van der Waals surface area contributed by atoms with Gasteiger partial charge >= 0.3 is 6.61 Å². The Balaban J connectivity index is 1.54. The summed E-state index contributed by atoms with van der Waals surface area (Å²) < 4.78 is 41.0. The Morgan fingerprint density at radius 1 is 1.23 bits per heavy atom. The second kappa shape index (κ2) is 10.9. The van der Waals surface area contributed by atoms with Gasteiger partial charge in [-0.3, -0.25) is 9.69 Å². The van der Waals surface area contributed by atoms with Crippen molar-refractivity contribution in [3.8, 4) is 11.5 Å². The summed E-state index contributed by atoms with van der Waals surface area (Å²) in [5.41, 5.74) is 0.374. The minimum atomic E-state index is -2.98. The highest BCUT2D eigenvalue weighted by Crippen LogP contribution is 2.33. The maximum atomic E-state index is 12.8. The first-order valence-electron chi connectivity index (χ1n) is 10.8. The fourth-order valence-electron chi connectivity index (χ4n) is 4.44. The minimum absolute atomic E-state index is 0.0725. The van der Waals surface area contributed by atoms with E-state index in [0.29, 0.717) is 24.6 Å². The first-order chi connectivity index (χ1) is 14.9. The van der Waals surface area contributed by atoms with Gasteiger partial charge in [0, 0.05) is 44.4 Å². The van der Waals surface area contributed by atoms with E-state index in [4.69, 9.17) is 9.47 Å². The smallest absolute Gasteiger partial charge is 0.387 e. The minimum Gasteiger partial charge on any atom is -0.493 e. The molecule has 2 aliphatic rings. The third kappa shape index (κ3) is 6.64. The first kappa shape index (κ1) is 23.5. The second-order valence-corrected chi connectivity index (χ2v) is 8.33. The molecule has 2 unspecified atom stereocenters. The van der Waals surface area contributed by atoms with Crippen LogP contribution in [0.25, 0.3) is 6.08 Å². The fourth-order valence-corrected chi connectivity index (χ4v) is 4.44. The maximum Gasteiger partial charge on any atom is 0.387 e. The summed E-state index contributed by atoms with van der Waals surface area (Å²) in [5.74, 6) is 0.562. The summed E-state index contributed by atoms with van der Waals surface area (Å²) >= 11 is 0. The molecule has 2 aliphatic heterocycles. The van der Waals surface area contributed by atoms with Gasteiger partial charge in [-0.2, -0.15) is 8.78 Å². The summed E-state index contributed by atoms with van der Waals surface area (Å²) in [7, 11) is 1.38. The summed E-state index contributed by atoms with van der Waals surface area (Å²) in [6.07, 6.45) is 5.35. The van der Waals surface area contributed by atoms with E-state index in [0.717, 1.165) is 32.5 Å². The van der Waals surface area contributed by atoms with Crippen molar-refractivity contribution in [3.05, 3.63) is 29.8 Å². The number of amides is 1. The highest BCUT2D eigenvalue weighted by molar-refractivity contribution is 5.92. The van der Waals surface area contributed by atoms with Gasteiger partial charge in [0.1, 0.15) is 0 Å². The number of hydrogen-bond acceptors (Lipinski definition) is 5. The van der Waals surface area contributed by atoms with E-state index >= 15 is 0 Å². The monoisotopic (exact) mass is 438 g/mol. The van der Waals surface area contributed by atoms with Gasteiger partial charge in [0.2, 0.25) is 5.91 Å². The Bertz CT molecular complexity index is 756. The van der Waals surface area contributed by atoms with Gasteiger partial charge in [-0.15, -0.1) is 0 Å². The summed E-state index contributed by atoms with van der Waals surface area (Å²) in [6.45, 7) is 5.58. The van der Waals surface area contributed by atoms with E-state index in [1.165, 1.54) is 25.3 Å². The molecule has 1 aromatic carbocycles. The predicted molar refractivity (Wildman–Crippen MR) is 114 cm³/mol. The molecular weight excluding hydrogens is 406 g/mol. The van der Waals surface area contributed by atoms with Crippen molar-refractivity contribution in [2.75, 3.05) is 39.8 Å². The number of halogens is 2. The molecule has 0 aromatic heterocycles. The van der Waals surface area contributed by atoms with Gasteiger partial charge in [-0.1, -0.05) is 12.1 Å². The summed E-state index contributed by atoms with van der Waals surface area (Å²) in [4.78, 5) is 16.9. The van der Waals surface area contributed by atoms with Crippen molar-refractivity contribution >= 4 is 12.0 Å². The van der Waals surface area contributed by atoms with E-state index < -0.39 is 6.61 Å². The van der Waals surface area contributed by atoms with Gasteiger partial charge in [0.15, 0.2) is 11.5 Å². The maximum absolute atomic E-state index is 12.8. The molecule has 8 heteroatoms. The molecule has 172 valence electrons. The number of likely N-dealkylation sites (tertiary alicyclic amines) is 1. The van der Waals surface area contributed by atoms with Crippen LogP contribution >= 0.6 is 0 Å². The van der Waals surface area contributed by atoms with E-state index in [2.05, 4.69) is 23.5 Å². The molecule has 31 heavy (non-hydrogen) atoms. The number of hydrogen-bond donors (Lipinski definition) is 0. The van der Waals surface area contributed by atoms with Crippen LogP contribution in [0.4, 0.5) is 8.78 Å². The molecule has 0 spiro atoms. The Hall–Kier alpha value is -2.19. The molecule has 0 radical (unpaired) electrons. The van der Waals surface area contributed by atoms with Gasteiger partial charge in [-0.25, -0.2) is 0 Å². The zero-order chi connectivity index (χ0) is 22.4. The second-order valence-electron chi connectivity index (χ2n) is 8.33. The lowest BCUT2D eigenvalue weighted by atomic mass is 9.95. The fraction of sp³-hybridized carbons (Fsp3) is 0.609. The molecule has 1 amide bonds. The van der Waals surface area contributed by atoms with Crippen LogP contribution in [0, 0.1) is 5.92 Å². The lowest BCUT2D eigenvalue weighted by molar-refractivity contribution is -0.127. The lowest BCUT2D eigenvalue weighted by Crippen LogP contribution is -2.48. The zero-order valence-corrected chi connectivity index (χ0v) is 18.4. The molecule has 0 aliphatic carbocycles. The van der Waals surface area contributed by atoms with Crippen LogP contribution in [0.3, 0.4) is 0 Å². The number of piperidine rings is 1. The van der Waals surface area contributed by atoms with Crippen molar-refractivity contribution < 1.29 is 27.8 Å². The third-order valence-electron chi connectivity index (χ3n) is 5.78. The average Bonchev–Trinajstić information content (AvgIpc) is 2.72. The van der Waals surface area contributed by atoms with Crippen LogP contribution in [0.5, 0.6) is 11.5 Å². The van der Waals surface area contributed by atoms with E-state index in [9.17, 15) is 13.6 Å². The molecule has 0 N–H and O–H groups in total. The SMILES string of the molecule is COc1cccc(/C=C/C(=O)N2CCC(CN3CC(C)OC(C)C3)CC2)c1OC(F)F. The van der Waals surface area contributed by atoms with Crippen LogP contribution in [-0.4, -0.2) is 74.4 Å². The Labute approximate surface area is 182 Å². The van der Waals surface area contributed by atoms with Crippen LogP contribution in [-0.2, 0) is 9.53 Å². The molecule has 6 nitrogen and oxygen atoms in total. The van der Waals surface area contributed by atoms with Crippen molar-refractivity contribution in [1.82, 2.24) is 9.80 Å². The number of benzene rings is 1. The number of nitrogens with zero attached hydrogens (tertiary/aromatic N) is 2. The lowest BCUT2D eigenvalue weighted by Gasteiger charge is -2.39. The predicted octanol–water partition coefficient (Wildman–Crippen LogP) is 3.66. The molecule has 2 saturated heterocycles. The highest BCUT2D eigenvalue weighted by Gasteiger charge is 2.27. The van der Waals surface area contributed by atoms with Crippen molar-refractivity contribution in [1.29, 1.82) is 0 Å². The number of carbonyl (C=O) groups is 1. The first-order valence-corrected chi connectivity index (χ1v) is 10.8. The number of para-hydroxylation sites is 1. The normalized spacial score (nSPS) is 23.5. The Morgan fingerprint density at radius 3 is 2.52 bits per heavy atom. The Kier molecular flexibility index (Phi) is 8.26. The number of ether oxygens (including phenoxy) is 3. The molecule has 2 atom stereocenters. The van der Waals surface area contributed by atoms with Crippen LogP contribution < -0.4 is 9.47 Å². The summed E-state index contributed by atoms with van der Waals surface area (Å²) in [6, 6.07) is 4.82. The third-order valence-corrected chi connectivity index (χ3v) is 5.78. The number of methoxy groups -OCH3 is 1. The van der Waals surface area contributed by atoms with E-state index in [-0.39, 0.29) is 29.6 Å². The van der Waals surface area contributed by atoms with Gasteiger partial charge in [0.05, 0.1) is 19.3 Å². The van der Waals surface area contributed by atoms with Crippen LogP contribution in [0.1, 0.15) is 32.3 Å². The molecule has 3 rings (SSSR count). The number of carbonyl (C=O) groups excluding carboxylic acids is 1. The largest absolute Gasteiger partial charge is 0.493 e. The molecular formula is C23H32F2N2O4. The topological polar surface area (TPSA) is 51.2 Å². The van der Waals surface area contributed by atoms with Gasteiger partial charge in [-0.05, 0) is 44.7 Å². The standard InChI is InChI=1S/C23H32F2N2O4/c1-16-13-26(14-17(2)30-16)15-18-9-11-27(12-10-18)21(28)8-7-19-5-4-6-20(29-3)22(19)31-23(24)25/h4-8,16-18,23H,9-15H2,1-3H3/b8-7+. The Morgan fingerprint density at radius 2 is 1.90 bits per heavy atom. The molecule has 1 aromatic rings. The van der Waals surface area contributed by atoms with Crippen molar-refractivity contribution in [3.63, 3.8) is 0 Å². The molecule has 2 heterocycles. The number of rotatable bonds is 7. The average molecular weight is 439 g/mol. The summed E-state index contributed by atoms with van der Waals surface area (Å²) in [5, 5.41) is 0. The van der Waals surface area contributed by atoms with E-state index in [1.54, 1.807) is 12.1 Å². The molecule has 0 bridgehead atoms. The van der Waals surface area contributed by atoms with Gasteiger partial charge in [0.25, 0.3) is 0 Å².